The van der Waals surface area contributed by atoms with Gasteiger partial charge in [-0.1, -0.05) is 19.1 Å². The summed E-state index contributed by atoms with van der Waals surface area (Å²) in [5.41, 5.74) is 1.12. The van der Waals surface area contributed by atoms with Crippen molar-refractivity contribution in [2.24, 2.45) is 0 Å². The lowest BCUT2D eigenvalue weighted by atomic mass is 10.1. The molecule has 202 valence electrons. The molecule has 3 aromatic rings. The van der Waals surface area contributed by atoms with Crippen LogP contribution < -0.4 is 20.3 Å². The fraction of sp³-hybridized carbons (Fsp3) is 0.444. The maximum atomic E-state index is 13.0. The highest BCUT2D eigenvalue weighted by Gasteiger charge is 2.32. The molecule has 1 saturated heterocycles. The van der Waals surface area contributed by atoms with E-state index in [0.717, 1.165) is 30.0 Å². The average Bonchev–Trinajstić information content (AvgIpc) is 3.45. The summed E-state index contributed by atoms with van der Waals surface area (Å²) in [5, 5.41) is 5.99. The minimum Gasteiger partial charge on any atom is -0.497 e. The first-order valence-electron chi connectivity index (χ1n) is 13.0. The van der Waals surface area contributed by atoms with Crippen molar-refractivity contribution < 1.29 is 14.3 Å². The Hall–Kier alpha value is -4.15. The van der Waals surface area contributed by atoms with Crippen LogP contribution >= 0.6 is 0 Å². The number of ether oxygens (including phenoxy) is 1. The molecule has 0 spiro atoms. The zero-order valence-corrected chi connectivity index (χ0v) is 22.0. The molecule has 1 atom stereocenters. The van der Waals surface area contributed by atoms with E-state index in [1.54, 1.807) is 30.7 Å². The Morgan fingerprint density at radius 2 is 1.92 bits per heavy atom. The van der Waals surface area contributed by atoms with Gasteiger partial charge in [0.15, 0.2) is 0 Å². The van der Waals surface area contributed by atoms with E-state index in [1.165, 1.54) is 0 Å². The van der Waals surface area contributed by atoms with Crippen molar-refractivity contribution in [1.29, 1.82) is 0 Å². The van der Waals surface area contributed by atoms with Crippen LogP contribution in [0.5, 0.6) is 5.75 Å². The molecule has 1 aromatic carbocycles. The normalized spacial score (nSPS) is 15.3. The lowest BCUT2D eigenvalue weighted by molar-refractivity contribution is -0.121. The fourth-order valence-corrected chi connectivity index (χ4v) is 4.45. The number of imidazole rings is 1. The average molecular weight is 521 g/mol. The maximum Gasteiger partial charge on any atom is 0.317 e. The molecule has 0 radical (unpaired) electrons. The van der Waals surface area contributed by atoms with Gasteiger partial charge in [0.2, 0.25) is 5.91 Å². The van der Waals surface area contributed by atoms with Crippen LogP contribution in [0.1, 0.15) is 31.2 Å². The first-order valence-corrected chi connectivity index (χ1v) is 13.0. The second kappa shape index (κ2) is 13.4. The SMILES string of the molecule is CCCNC(=O)N1CCN(c2ccnc(Cn3ccnc3)n2)C(CC(=O)NCCc2ccc(OC)cc2)C1. The Morgan fingerprint density at radius 1 is 1.08 bits per heavy atom. The number of hydrogen-bond donors (Lipinski definition) is 2. The molecule has 11 nitrogen and oxygen atoms in total. The third kappa shape index (κ3) is 7.44. The molecule has 2 N–H and O–H groups in total. The number of aromatic nitrogens is 4. The molecule has 1 unspecified atom stereocenters. The number of carbonyl (C=O) groups excluding carboxylic acids is 2. The van der Waals surface area contributed by atoms with Crippen molar-refractivity contribution in [2.45, 2.75) is 38.8 Å². The standard InChI is InChI=1S/C27H36N8O3/c1-3-10-31-27(37)34-15-16-35(25-9-12-29-24(32-25)19-33-14-13-28-20-33)22(18-34)17-26(36)30-11-8-21-4-6-23(38-2)7-5-21/h4-7,9,12-14,20,22H,3,8,10-11,15-19H2,1-2H3,(H,30,36)(H,31,37). The Labute approximate surface area is 223 Å². The van der Waals surface area contributed by atoms with E-state index in [9.17, 15) is 9.59 Å². The van der Waals surface area contributed by atoms with Gasteiger partial charge >= 0.3 is 6.03 Å². The highest BCUT2D eigenvalue weighted by Crippen LogP contribution is 2.21. The summed E-state index contributed by atoms with van der Waals surface area (Å²) in [7, 11) is 1.64. The molecule has 1 aliphatic rings. The number of piperazine rings is 1. The van der Waals surface area contributed by atoms with Crippen LogP contribution in [0.4, 0.5) is 10.6 Å². The van der Waals surface area contributed by atoms with Gasteiger partial charge in [-0.25, -0.2) is 19.7 Å². The van der Waals surface area contributed by atoms with Crippen LogP contribution in [0.2, 0.25) is 0 Å². The van der Waals surface area contributed by atoms with E-state index in [0.29, 0.717) is 45.1 Å². The number of methoxy groups -OCH3 is 1. The van der Waals surface area contributed by atoms with Crippen LogP contribution in [0.3, 0.4) is 0 Å². The lowest BCUT2D eigenvalue weighted by Crippen LogP contribution is -2.58. The number of nitrogens with zero attached hydrogens (tertiary/aromatic N) is 6. The molecular weight excluding hydrogens is 484 g/mol. The van der Waals surface area contributed by atoms with Crippen LogP contribution in [-0.2, 0) is 17.8 Å². The predicted octanol–water partition coefficient (Wildman–Crippen LogP) is 2.09. The summed E-state index contributed by atoms with van der Waals surface area (Å²) in [4.78, 5) is 42.8. The van der Waals surface area contributed by atoms with Crippen molar-refractivity contribution in [1.82, 2.24) is 35.1 Å². The minimum absolute atomic E-state index is 0.0583. The van der Waals surface area contributed by atoms with Gasteiger partial charge in [0.05, 0.1) is 26.0 Å². The zero-order chi connectivity index (χ0) is 26.7. The first-order chi connectivity index (χ1) is 18.6. The summed E-state index contributed by atoms with van der Waals surface area (Å²) in [6.45, 7) is 5.23. The number of urea groups is 1. The quantitative estimate of drug-likeness (QED) is 0.398. The summed E-state index contributed by atoms with van der Waals surface area (Å²) >= 11 is 0. The van der Waals surface area contributed by atoms with Gasteiger partial charge in [0.1, 0.15) is 17.4 Å². The maximum absolute atomic E-state index is 13.0. The van der Waals surface area contributed by atoms with E-state index in [4.69, 9.17) is 9.72 Å². The van der Waals surface area contributed by atoms with Crippen LogP contribution in [0, 0.1) is 0 Å². The molecule has 0 bridgehead atoms. The Kier molecular flexibility index (Phi) is 9.49. The Morgan fingerprint density at radius 3 is 2.66 bits per heavy atom. The van der Waals surface area contributed by atoms with E-state index in [-0.39, 0.29) is 24.4 Å². The van der Waals surface area contributed by atoms with Crippen LogP contribution in [0.25, 0.3) is 0 Å². The fourth-order valence-electron chi connectivity index (χ4n) is 4.45. The Bertz CT molecular complexity index is 1170. The highest BCUT2D eigenvalue weighted by atomic mass is 16.5. The van der Waals surface area contributed by atoms with Gasteiger partial charge in [-0.2, -0.15) is 0 Å². The number of amides is 3. The van der Waals surface area contributed by atoms with Gasteiger partial charge in [-0.3, -0.25) is 4.79 Å². The monoisotopic (exact) mass is 520 g/mol. The molecule has 3 amide bonds. The molecule has 1 fully saturated rings. The number of carbonyl (C=O) groups is 2. The van der Waals surface area contributed by atoms with Gasteiger partial charge in [-0.15, -0.1) is 0 Å². The third-order valence-electron chi connectivity index (χ3n) is 6.48. The minimum atomic E-state index is -0.215. The third-order valence-corrected chi connectivity index (χ3v) is 6.48. The second-order valence-corrected chi connectivity index (χ2v) is 9.24. The number of benzene rings is 1. The smallest absolute Gasteiger partial charge is 0.317 e. The van der Waals surface area contributed by atoms with Crippen molar-refractivity contribution in [2.75, 3.05) is 44.7 Å². The van der Waals surface area contributed by atoms with Gasteiger partial charge < -0.3 is 29.7 Å². The summed E-state index contributed by atoms with van der Waals surface area (Å²) in [6.07, 6.45) is 8.88. The van der Waals surface area contributed by atoms with Crippen LogP contribution in [-0.4, -0.2) is 82.2 Å². The molecule has 11 heteroatoms. The van der Waals surface area contributed by atoms with Crippen LogP contribution in [0.15, 0.2) is 55.2 Å². The second-order valence-electron chi connectivity index (χ2n) is 9.24. The number of nitrogens with one attached hydrogen (secondary N) is 2. The number of hydrogen-bond acceptors (Lipinski definition) is 7. The first kappa shape index (κ1) is 26.9. The number of anilines is 1. The molecule has 1 aliphatic heterocycles. The van der Waals surface area contributed by atoms with E-state index < -0.39 is 0 Å². The summed E-state index contributed by atoms with van der Waals surface area (Å²) in [5.74, 6) is 2.16. The van der Waals surface area contributed by atoms with Crippen molar-refractivity contribution in [3.05, 3.63) is 66.6 Å². The van der Waals surface area contributed by atoms with Gasteiger partial charge in [0.25, 0.3) is 0 Å². The molecule has 38 heavy (non-hydrogen) atoms. The molecule has 0 saturated carbocycles. The van der Waals surface area contributed by atoms with E-state index in [1.807, 2.05) is 48.0 Å². The molecular formula is C27H36N8O3. The van der Waals surface area contributed by atoms with Crippen molar-refractivity contribution in [3.63, 3.8) is 0 Å². The highest BCUT2D eigenvalue weighted by molar-refractivity contribution is 5.78. The molecule has 4 rings (SSSR count). The molecule has 3 heterocycles. The summed E-state index contributed by atoms with van der Waals surface area (Å²) < 4.78 is 7.11. The van der Waals surface area contributed by atoms with Gasteiger partial charge in [0, 0.05) is 57.7 Å². The summed E-state index contributed by atoms with van der Waals surface area (Å²) in [6, 6.07) is 9.37. The molecule has 0 aliphatic carbocycles. The zero-order valence-electron chi connectivity index (χ0n) is 22.0. The number of rotatable bonds is 11. The molecule has 2 aromatic heterocycles. The Balaban J connectivity index is 1.41. The lowest BCUT2D eigenvalue weighted by Gasteiger charge is -2.42. The van der Waals surface area contributed by atoms with E-state index >= 15 is 0 Å². The largest absolute Gasteiger partial charge is 0.497 e. The van der Waals surface area contributed by atoms with Crippen molar-refractivity contribution in [3.8, 4) is 5.75 Å². The van der Waals surface area contributed by atoms with E-state index in [2.05, 4.69) is 25.5 Å². The van der Waals surface area contributed by atoms with Crippen molar-refractivity contribution >= 4 is 17.8 Å². The topological polar surface area (TPSA) is 118 Å². The van der Waals surface area contributed by atoms with Gasteiger partial charge in [-0.05, 0) is 36.6 Å². The predicted molar refractivity (Wildman–Crippen MR) is 144 cm³/mol.